The van der Waals surface area contributed by atoms with E-state index in [9.17, 15) is 0 Å². The summed E-state index contributed by atoms with van der Waals surface area (Å²) < 4.78 is 0. The van der Waals surface area contributed by atoms with Gasteiger partial charge in [0, 0.05) is 0 Å². The first kappa shape index (κ1) is 12.5. The average Bonchev–Trinajstić information content (AvgIpc) is 2.40. The van der Waals surface area contributed by atoms with E-state index < -0.39 is 0 Å². The molecule has 1 aliphatic heterocycles. The van der Waals surface area contributed by atoms with Crippen molar-refractivity contribution in [2.45, 2.75) is 13.0 Å². The molecule has 0 aromatic heterocycles. The summed E-state index contributed by atoms with van der Waals surface area (Å²) in [5, 5.41) is 3.38. The van der Waals surface area contributed by atoms with Gasteiger partial charge in [-0.3, -0.25) is 0 Å². The molecule has 1 N–H and O–H groups in total. The van der Waals surface area contributed by atoms with Gasteiger partial charge in [-0.2, -0.15) is 0 Å². The molecular weight excluding hydrogens is 217 g/mol. The van der Waals surface area contributed by atoms with Crippen LogP contribution in [0.25, 0.3) is 0 Å². The lowest BCUT2D eigenvalue weighted by molar-refractivity contribution is 0.713. The summed E-state index contributed by atoms with van der Waals surface area (Å²) in [6.07, 6.45) is 10.1. The van der Waals surface area contributed by atoms with E-state index in [2.05, 4.69) is 30.1 Å². The van der Waals surface area contributed by atoms with Gasteiger partial charge in [0.2, 0.25) is 0 Å². The van der Waals surface area contributed by atoms with Crippen molar-refractivity contribution in [1.82, 2.24) is 5.32 Å². The second-order valence-electron chi connectivity index (χ2n) is 4.21. The fourth-order valence-corrected chi connectivity index (χ4v) is 2.11. The second kappa shape index (κ2) is 5.59. The Bertz CT molecular complexity index is 521. The molecule has 2 heteroatoms. The Balaban J connectivity index is 2.44. The van der Waals surface area contributed by atoms with Crippen LogP contribution in [-0.2, 0) is 0 Å². The van der Waals surface area contributed by atoms with Crippen LogP contribution in [0, 0.1) is 0 Å². The van der Waals surface area contributed by atoms with Crippen molar-refractivity contribution in [2.24, 2.45) is 0 Å². The maximum Gasteiger partial charge on any atom is 0.113 e. The maximum atomic E-state index is 5.73. The largest absolute Gasteiger partial charge is 0.380 e. The van der Waals surface area contributed by atoms with Crippen LogP contribution in [0.5, 0.6) is 0 Å². The minimum absolute atomic E-state index is 0.153. The Morgan fingerprint density at radius 2 is 2.00 bits per heavy atom. The van der Waals surface area contributed by atoms with E-state index in [1.165, 1.54) is 11.1 Å². The third kappa shape index (κ3) is 2.48. The minimum atomic E-state index is 0.153. The summed E-state index contributed by atoms with van der Waals surface area (Å²) in [5.41, 5.74) is 4.35. The van der Waals surface area contributed by atoms with Gasteiger partial charge in [0.25, 0.3) is 0 Å². The molecule has 1 atom stereocenters. The molecule has 1 aliphatic rings. The lowest BCUT2D eigenvalue weighted by Gasteiger charge is -2.24. The van der Waals surface area contributed by atoms with Crippen LogP contribution in [0.2, 0.25) is 0 Å². The number of nitrogens with one attached hydrogen (secondary N) is 1. The fourth-order valence-electron chi connectivity index (χ4n) is 2.11. The molecule has 0 spiro atoms. The first-order chi connectivity index (χ1) is 8.76. The van der Waals surface area contributed by atoms with E-state index in [-0.39, 0.29) is 6.04 Å². The molecule has 0 amide bonds. The molecule has 88 valence electrons. The van der Waals surface area contributed by atoms with Gasteiger partial charge < -0.3 is 5.32 Å². The molecule has 1 aromatic rings. The highest BCUT2D eigenvalue weighted by atomic mass is 14.9. The molecule has 18 heavy (non-hydrogen) atoms. The Hall–Kier alpha value is -1.96. The Kier molecular flexibility index (Phi) is 3.88. The van der Waals surface area contributed by atoms with Gasteiger partial charge in [-0.15, -0.1) is 0 Å². The normalized spacial score (nSPS) is 19.1. The van der Waals surface area contributed by atoms with Crippen molar-refractivity contribution in [3.63, 3.8) is 0 Å². The molecule has 0 saturated carbocycles. The zero-order chi connectivity index (χ0) is 13.0. The first-order valence-corrected chi connectivity index (χ1v) is 6.03. The molecule has 0 aliphatic carbocycles. The molecule has 1 heterocycles. The summed E-state index contributed by atoms with van der Waals surface area (Å²) in [6, 6.07) is 8.11. The van der Waals surface area contributed by atoms with Crippen molar-refractivity contribution in [3.8, 4) is 0 Å². The SMILES string of the molecule is [B]c1ccc(C2NC=CC(C=C)=C2/C=C\C)cc1. The van der Waals surface area contributed by atoms with Gasteiger partial charge in [0.1, 0.15) is 7.85 Å². The molecule has 2 rings (SSSR count). The lowest BCUT2D eigenvalue weighted by atomic mass is 9.89. The summed E-state index contributed by atoms with van der Waals surface area (Å²) in [6.45, 7) is 5.89. The van der Waals surface area contributed by atoms with E-state index in [0.717, 1.165) is 11.0 Å². The first-order valence-electron chi connectivity index (χ1n) is 6.03. The quantitative estimate of drug-likeness (QED) is 0.791. The summed E-state index contributed by atoms with van der Waals surface area (Å²) in [7, 11) is 5.73. The summed E-state index contributed by atoms with van der Waals surface area (Å²) in [5.74, 6) is 0. The van der Waals surface area contributed by atoms with E-state index >= 15 is 0 Å². The van der Waals surface area contributed by atoms with Crippen LogP contribution in [0.3, 0.4) is 0 Å². The Labute approximate surface area is 110 Å². The standard InChI is InChI=1S/C16H16BN/c1-3-5-15-12(4-2)10-11-18-16(15)13-6-8-14(17)9-7-13/h3-11,16,18H,2H2,1H3/b5-3-. The number of hydrogen-bond donors (Lipinski definition) is 1. The zero-order valence-electron chi connectivity index (χ0n) is 10.6. The van der Waals surface area contributed by atoms with Crippen LogP contribution in [-0.4, -0.2) is 7.85 Å². The predicted molar refractivity (Wildman–Crippen MR) is 78.9 cm³/mol. The lowest BCUT2D eigenvalue weighted by Crippen LogP contribution is -2.21. The van der Waals surface area contributed by atoms with Gasteiger partial charge in [0.15, 0.2) is 0 Å². The smallest absolute Gasteiger partial charge is 0.113 e. The number of dihydropyridines is 1. The molecule has 1 aromatic carbocycles. The van der Waals surface area contributed by atoms with E-state index in [1.54, 1.807) is 0 Å². The van der Waals surface area contributed by atoms with Gasteiger partial charge in [-0.25, -0.2) is 0 Å². The summed E-state index contributed by atoms with van der Waals surface area (Å²) >= 11 is 0. The van der Waals surface area contributed by atoms with Gasteiger partial charge in [-0.05, 0) is 35.9 Å². The molecule has 2 radical (unpaired) electrons. The van der Waals surface area contributed by atoms with Crippen LogP contribution in [0.15, 0.2) is 72.5 Å². The number of rotatable bonds is 3. The highest BCUT2D eigenvalue weighted by molar-refractivity contribution is 6.32. The second-order valence-corrected chi connectivity index (χ2v) is 4.21. The van der Waals surface area contributed by atoms with Crippen molar-refractivity contribution < 1.29 is 0 Å². The number of allylic oxidation sites excluding steroid dienone is 4. The topological polar surface area (TPSA) is 12.0 Å². The molecule has 0 fully saturated rings. The van der Waals surface area contributed by atoms with Crippen molar-refractivity contribution >= 4 is 13.3 Å². The summed E-state index contributed by atoms with van der Waals surface area (Å²) in [4.78, 5) is 0. The maximum absolute atomic E-state index is 5.73. The van der Waals surface area contributed by atoms with Gasteiger partial charge in [-0.1, -0.05) is 54.5 Å². The monoisotopic (exact) mass is 233 g/mol. The van der Waals surface area contributed by atoms with Crippen molar-refractivity contribution in [3.05, 3.63) is 78.1 Å². The minimum Gasteiger partial charge on any atom is -0.380 e. The van der Waals surface area contributed by atoms with Crippen molar-refractivity contribution in [1.29, 1.82) is 0 Å². The van der Waals surface area contributed by atoms with E-state index in [0.29, 0.717) is 0 Å². The molecule has 1 unspecified atom stereocenters. The average molecular weight is 233 g/mol. The van der Waals surface area contributed by atoms with Gasteiger partial charge >= 0.3 is 0 Å². The highest BCUT2D eigenvalue weighted by Crippen LogP contribution is 2.29. The van der Waals surface area contributed by atoms with E-state index in [4.69, 9.17) is 7.85 Å². The van der Waals surface area contributed by atoms with Gasteiger partial charge in [0.05, 0.1) is 6.04 Å². The van der Waals surface area contributed by atoms with Crippen LogP contribution < -0.4 is 10.8 Å². The number of benzene rings is 1. The van der Waals surface area contributed by atoms with E-state index in [1.807, 2.05) is 43.5 Å². The Morgan fingerprint density at radius 3 is 2.61 bits per heavy atom. The van der Waals surface area contributed by atoms with Crippen molar-refractivity contribution in [2.75, 3.05) is 0 Å². The predicted octanol–water partition coefficient (Wildman–Crippen LogP) is 2.70. The molecule has 0 bridgehead atoms. The number of hydrogen-bond acceptors (Lipinski definition) is 1. The van der Waals surface area contributed by atoms with Crippen LogP contribution >= 0.6 is 0 Å². The fraction of sp³-hybridized carbons (Fsp3) is 0.125. The Morgan fingerprint density at radius 1 is 1.28 bits per heavy atom. The molecule has 0 saturated heterocycles. The molecular formula is C16H16BN. The third-order valence-electron chi connectivity index (χ3n) is 3.01. The van der Waals surface area contributed by atoms with Crippen LogP contribution in [0.1, 0.15) is 18.5 Å². The molecule has 1 nitrogen and oxygen atoms in total. The van der Waals surface area contributed by atoms with Crippen LogP contribution in [0.4, 0.5) is 0 Å². The zero-order valence-corrected chi connectivity index (χ0v) is 10.6. The third-order valence-corrected chi connectivity index (χ3v) is 3.01. The highest BCUT2D eigenvalue weighted by Gasteiger charge is 2.17.